The summed E-state index contributed by atoms with van der Waals surface area (Å²) in [7, 11) is 0. The Labute approximate surface area is 447 Å². The first-order valence-electron chi connectivity index (χ1n) is 24.7. The Balaban J connectivity index is 1.07. The zero-order chi connectivity index (χ0) is 50.4. The van der Waals surface area contributed by atoms with Crippen LogP contribution in [0, 0.1) is 0 Å². The molecule has 0 N–H and O–H groups in total. The molecule has 2 aliphatic rings. The van der Waals surface area contributed by atoms with Gasteiger partial charge < -0.3 is 9.80 Å². The van der Waals surface area contributed by atoms with Crippen molar-refractivity contribution in [2.24, 2.45) is 0 Å². The van der Waals surface area contributed by atoms with Gasteiger partial charge in [0.2, 0.25) is 0 Å². The molecule has 358 valence electrons. The summed E-state index contributed by atoms with van der Waals surface area (Å²) in [6, 6.07) is 71.4. The minimum atomic E-state index is 0.528. The van der Waals surface area contributed by atoms with Crippen LogP contribution in [0.2, 0.25) is 0 Å². The summed E-state index contributed by atoms with van der Waals surface area (Å²) in [5.74, 6) is 1.06. The first-order chi connectivity index (χ1) is 37.7. The summed E-state index contributed by atoms with van der Waals surface area (Å²) in [6.45, 7) is 0. The molecule has 12 aromatic rings. The quantitative estimate of drug-likeness (QED) is 0.137. The van der Waals surface area contributed by atoms with Gasteiger partial charge >= 0.3 is 0 Å². The van der Waals surface area contributed by atoms with Crippen molar-refractivity contribution in [2.75, 3.05) is 9.80 Å². The Bertz CT molecular complexity index is 3670. The van der Waals surface area contributed by atoms with E-state index in [0.29, 0.717) is 34.4 Å². The Morgan fingerprint density at radius 2 is 0.671 bits per heavy atom. The first-order valence-corrected chi connectivity index (χ1v) is 26.3. The van der Waals surface area contributed by atoms with E-state index in [0.717, 1.165) is 78.9 Å². The van der Waals surface area contributed by atoms with Crippen LogP contribution in [0.25, 0.3) is 79.2 Å². The fourth-order valence-corrected chi connectivity index (χ4v) is 12.0. The molecular formula is C64H40N10S2. The summed E-state index contributed by atoms with van der Waals surface area (Å²) in [5.41, 5.74) is 15.7. The minimum Gasteiger partial charge on any atom is -0.308 e. The van der Waals surface area contributed by atoms with Crippen molar-refractivity contribution in [3.05, 3.63) is 243 Å². The van der Waals surface area contributed by atoms with Crippen molar-refractivity contribution in [2.45, 2.75) is 19.6 Å². The Morgan fingerprint density at radius 1 is 0.289 bits per heavy atom. The first kappa shape index (κ1) is 45.0. The van der Waals surface area contributed by atoms with E-state index in [-0.39, 0.29) is 0 Å². The van der Waals surface area contributed by atoms with Crippen LogP contribution in [-0.2, 0) is 0 Å². The lowest BCUT2D eigenvalue weighted by molar-refractivity contribution is 1.14. The van der Waals surface area contributed by atoms with Crippen LogP contribution in [0.5, 0.6) is 0 Å². The minimum absolute atomic E-state index is 0.528. The van der Waals surface area contributed by atoms with Crippen molar-refractivity contribution < 1.29 is 0 Å². The number of hydrogen-bond donors (Lipinski definition) is 0. The molecule has 6 aromatic carbocycles. The molecule has 2 aliphatic heterocycles. The molecule has 8 heterocycles. The van der Waals surface area contributed by atoms with Crippen LogP contribution < -0.4 is 9.80 Å². The second-order valence-electron chi connectivity index (χ2n) is 18.0. The third-order valence-electron chi connectivity index (χ3n) is 13.4. The number of nitrogens with zero attached hydrogens (tertiary/aromatic N) is 10. The molecule has 14 rings (SSSR count). The van der Waals surface area contributed by atoms with Crippen LogP contribution in [0.4, 0.5) is 34.1 Å². The van der Waals surface area contributed by atoms with Gasteiger partial charge in [0.1, 0.15) is 0 Å². The van der Waals surface area contributed by atoms with Gasteiger partial charge in [0.15, 0.2) is 11.6 Å². The van der Waals surface area contributed by atoms with Crippen molar-refractivity contribution >= 4 is 57.6 Å². The van der Waals surface area contributed by atoms with Crippen LogP contribution in [0.3, 0.4) is 0 Å². The lowest BCUT2D eigenvalue weighted by atomic mass is 9.90. The topological polar surface area (TPSA) is 110 Å². The van der Waals surface area contributed by atoms with Gasteiger partial charge in [0.05, 0.1) is 56.9 Å². The Morgan fingerprint density at radius 3 is 1.04 bits per heavy atom. The molecule has 0 aliphatic carbocycles. The molecule has 0 radical (unpaired) electrons. The Kier molecular flexibility index (Phi) is 11.5. The van der Waals surface area contributed by atoms with E-state index in [2.05, 4.69) is 165 Å². The maximum absolute atomic E-state index is 5.46. The standard InChI is InChI=1S/C64H40N10S2/c1-5-23-59-55(19-1)73(56-20-2-6-24-60(56)75-59)43-27-29-45(47(35-43)51-37-53(49-17-9-11-33-67-49)71-63(69-51)41-15-13-31-65-39-41)46-30-28-44(74-57-21-3-7-25-61(57)76-62-26-8-4-22-58(62)74)36-48(46)52-38-54(50-18-10-12-34-68-50)72-64(70-52)42-16-14-32-66-40-42/h1-40H. The predicted molar refractivity (Wildman–Crippen MR) is 304 cm³/mol. The molecule has 0 fully saturated rings. The van der Waals surface area contributed by atoms with E-state index in [9.17, 15) is 0 Å². The van der Waals surface area contributed by atoms with E-state index in [4.69, 9.17) is 29.9 Å². The zero-order valence-electron chi connectivity index (χ0n) is 40.4. The highest BCUT2D eigenvalue weighted by atomic mass is 32.2. The number of hydrogen-bond acceptors (Lipinski definition) is 12. The van der Waals surface area contributed by atoms with Gasteiger partial charge in [0.25, 0.3) is 0 Å². The molecule has 12 heteroatoms. The predicted octanol–water partition coefficient (Wildman–Crippen LogP) is 16.4. The average Bonchev–Trinajstić information content (AvgIpc) is 3.51. The highest BCUT2D eigenvalue weighted by molar-refractivity contribution is 8.00. The lowest BCUT2D eigenvalue weighted by Gasteiger charge is -2.34. The fraction of sp³-hybridized carbons (Fsp3) is 0. The number of anilines is 6. The molecule has 0 bridgehead atoms. The number of benzene rings is 6. The molecule has 0 unspecified atom stereocenters. The molecule has 6 aromatic heterocycles. The third-order valence-corrected chi connectivity index (χ3v) is 15.6. The average molecular weight is 1010 g/mol. The summed E-state index contributed by atoms with van der Waals surface area (Å²) >= 11 is 3.57. The van der Waals surface area contributed by atoms with E-state index in [1.807, 2.05) is 60.7 Å². The van der Waals surface area contributed by atoms with E-state index in [1.54, 1.807) is 60.7 Å². The van der Waals surface area contributed by atoms with Crippen LogP contribution in [0.15, 0.2) is 263 Å². The van der Waals surface area contributed by atoms with Gasteiger partial charge in [-0.2, -0.15) is 0 Å². The molecule has 10 nitrogen and oxygen atoms in total. The van der Waals surface area contributed by atoms with Gasteiger partial charge in [-0.05, 0) is 145 Å². The number of aromatic nitrogens is 8. The summed E-state index contributed by atoms with van der Waals surface area (Å²) < 4.78 is 0. The smallest absolute Gasteiger partial charge is 0.162 e. The van der Waals surface area contributed by atoms with Crippen LogP contribution in [-0.4, -0.2) is 39.9 Å². The van der Waals surface area contributed by atoms with Gasteiger partial charge in [0, 0.05) is 90.4 Å². The molecule has 0 atom stereocenters. The van der Waals surface area contributed by atoms with Crippen molar-refractivity contribution in [1.29, 1.82) is 0 Å². The lowest BCUT2D eigenvalue weighted by Crippen LogP contribution is -2.15. The van der Waals surface area contributed by atoms with Crippen molar-refractivity contribution in [1.82, 2.24) is 39.9 Å². The fourth-order valence-electron chi connectivity index (χ4n) is 9.91. The highest BCUT2D eigenvalue weighted by Crippen LogP contribution is 2.55. The molecule has 0 amide bonds. The molecule has 76 heavy (non-hydrogen) atoms. The van der Waals surface area contributed by atoms with Crippen LogP contribution in [0.1, 0.15) is 0 Å². The summed E-state index contributed by atoms with van der Waals surface area (Å²) in [6.07, 6.45) is 10.7. The molecule has 0 spiro atoms. The van der Waals surface area contributed by atoms with Crippen LogP contribution >= 0.6 is 23.5 Å². The second-order valence-corrected chi connectivity index (χ2v) is 20.2. The van der Waals surface area contributed by atoms with Gasteiger partial charge in [-0.15, -0.1) is 0 Å². The second kappa shape index (κ2) is 19.3. The third kappa shape index (κ3) is 8.31. The van der Waals surface area contributed by atoms with Crippen molar-refractivity contribution in [3.8, 4) is 79.2 Å². The van der Waals surface area contributed by atoms with E-state index < -0.39 is 0 Å². The normalized spacial score (nSPS) is 12.3. The van der Waals surface area contributed by atoms with Gasteiger partial charge in [-0.25, -0.2) is 19.9 Å². The van der Waals surface area contributed by atoms with Crippen molar-refractivity contribution in [3.63, 3.8) is 0 Å². The highest BCUT2D eigenvalue weighted by Gasteiger charge is 2.29. The SMILES string of the molecule is c1ccc(-c2cc(-c3cc(N4c5ccccc5Sc5ccccc54)ccc3-c3ccc(N4c5ccccc5Sc5ccccc54)cc3-c3cc(-c4ccccn4)nc(-c4cccnc4)n3)nc(-c3cccnc3)n2)nc1. The van der Waals surface area contributed by atoms with Gasteiger partial charge in [-0.3, -0.25) is 19.9 Å². The number of pyridine rings is 4. The number of fused-ring (bicyclic) bond motifs is 4. The maximum Gasteiger partial charge on any atom is 0.162 e. The maximum atomic E-state index is 5.46. The largest absolute Gasteiger partial charge is 0.308 e. The van der Waals surface area contributed by atoms with Gasteiger partial charge in [-0.1, -0.05) is 96.3 Å². The Hall–Kier alpha value is -9.62. The molecular weight excluding hydrogens is 973 g/mol. The number of para-hydroxylation sites is 4. The molecule has 0 saturated heterocycles. The number of rotatable bonds is 9. The van der Waals surface area contributed by atoms with E-state index >= 15 is 0 Å². The zero-order valence-corrected chi connectivity index (χ0v) is 42.0. The monoisotopic (exact) mass is 1010 g/mol. The summed E-state index contributed by atoms with van der Waals surface area (Å²) in [5, 5.41) is 0. The summed E-state index contributed by atoms with van der Waals surface area (Å²) in [4.78, 5) is 49.2. The molecule has 0 saturated carbocycles. The van der Waals surface area contributed by atoms with E-state index in [1.165, 1.54) is 19.6 Å².